The maximum absolute atomic E-state index is 12.6. The van der Waals surface area contributed by atoms with E-state index >= 15 is 0 Å². The van der Waals surface area contributed by atoms with Crippen LogP contribution in [-0.2, 0) is 0 Å². The van der Waals surface area contributed by atoms with Gasteiger partial charge in [0.25, 0.3) is 5.91 Å². The van der Waals surface area contributed by atoms with E-state index in [1.807, 2.05) is 38.1 Å². The number of carboxylic acid groups (broad SMARTS) is 1. The first kappa shape index (κ1) is 17.9. The van der Waals surface area contributed by atoms with E-state index in [1.54, 1.807) is 11.9 Å². The van der Waals surface area contributed by atoms with Crippen LogP contribution in [0.4, 0.5) is 0 Å². The minimum Gasteiger partial charge on any atom is -0.477 e. The van der Waals surface area contributed by atoms with Crippen LogP contribution >= 0.6 is 11.6 Å². The molecule has 1 aromatic heterocycles. The molecule has 5 nitrogen and oxygen atoms in total. The van der Waals surface area contributed by atoms with Gasteiger partial charge < -0.3 is 10.0 Å². The predicted molar refractivity (Wildman–Crippen MR) is 92.6 cm³/mol. The van der Waals surface area contributed by atoms with Gasteiger partial charge in [0.15, 0.2) is 0 Å². The molecule has 0 aliphatic rings. The third kappa shape index (κ3) is 3.92. The van der Waals surface area contributed by atoms with Crippen molar-refractivity contribution in [2.75, 3.05) is 7.05 Å². The number of benzene rings is 1. The number of carboxylic acids is 1. The van der Waals surface area contributed by atoms with Gasteiger partial charge in [0.1, 0.15) is 5.69 Å². The molecule has 1 aromatic carbocycles. The molecule has 0 aliphatic heterocycles. The maximum Gasteiger partial charge on any atom is 0.354 e. The Balaban J connectivity index is 2.13. The molecule has 0 fully saturated rings. The van der Waals surface area contributed by atoms with Gasteiger partial charge in [-0.05, 0) is 36.8 Å². The maximum atomic E-state index is 12.6. The number of amides is 1. The van der Waals surface area contributed by atoms with Gasteiger partial charge in [0.05, 0.1) is 5.56 Å². The number of nitrogens with zero attached hydrogens (tertiary/aromatic N) is 2. The summed E-state index contributed by atoms with van der Waals surface area (Å²) in [5, 5.41) is 9.54. The SMILES string of the molecule is CC(c1ccc(Cl)cc1)C(C)N(C)C(=O)c1ccc(C(=O)O)nc1. The Morgan fingerprint density at radius 1 is 1.12 bits per heavy atom. The lowest BCUT2D eigenvalue weighted by atomic mass is 9.93. The Morgan fingerprint density at radius 2 is 1.75 bits per heavy atom. The minimum absolute atomic E-state index is 0.0576. The standard InChI is InChI=1S/C18H19ClN2O3/c1-11(13-4-7-15(19)8-5-13)12(2)21(3)17(22)14-6-9-16(18(23)24)20-10-14/h4-12H,1-3H3,(H,23,24). The number of carbonyl (C=O) groups excluding carboxylic acids is 1. The largest absolute Gasteiger partial charge is 0.477 e. The van der Waals surface area contributed by atoms with Crippen molar-refractivity contribution in [1.29, 1.82) is 0 Å². The molecule has 6 heteroatoms. The molecule has 0 saturated heterocycles. The third-order valence-corrected chi connectivity index (χ3v) is 4.53. The average Bonchev–Trinajstić information content (AvgIpc) is 2.60. The molecule has 1 heterocycles. The number of rotatable bonds is 5. The quantitative estimate of drug-likeness (QED) is 0.896. The van der Waals surface area contributed by atoms with Gasteiger partial charge in [-0.2, -0.15) is 0 Å². The van der Waals surface area contributed by atoms with Crippen molar-refractivity contribution in [3.8, 4) is 0 Å². The van der Waals surface area contributed by atoms with Gasteiger partial charge in [-0.25, -0.2) is 9.78 Å². The molecule has 2 atom stereocenters. The molecule has 0 radical (unpaired) electrons. The smallest absolute Gasteiger partial charge is 0.354 e. The molecule has 24 heavy (non-hydrogen) atoms. The molecule has 2 unspecified atom stereocenters. The minimum atomic E-state index is -1.12. The number of hydrogen-bond acceptors (Lipinski definition) is 3. The average molecular weight is 347 g/mol. The van der Waals surface area contributed by atoms with E-state index in [9.17, 15) is 9.59 Å². The van der Waals surface area contributed by atoms with Crippen LogP contribution in [0, 0.1) is 0 Å². The zero-order valence-corrected chi connectivity index (χ0v) is 14.5. The normalized spacial score (nSPS) is 13.2. The first-order valence-corrected chi connectivity index (χ1v) is 7.91. The molecule has 2 aromatic rings. The van der Waals surface area contributed by atoms with E-state index in [0.29, 0.717) is 10.6 Å². The number of carbonyl (C=O) groups is 2. The molecule has 0 aliphatic carbocycles. The highest BCUT2D eigenvalue weighted by atomic mass is 35.5. The zero-order chi connectivity index (χ0) is 17.9. The van der Waals surface area contributed by atoms with E-state index in [0.717, 1.165) is 5.56 Å². The van der Waals surface area contributed by atoms with Crippen molar-refractivity contribution < 1.29 is 14.7 Å². The van der Waals surface area contributed by atoms with E-state index in [4.69, 9.17) is 16.7 Å². The third-order valence-electron chi connectivity index (χ3n) is 4.28. The second kappa shape index (κ2) is 7.45. The van der Waals surface area contributed by atoms with Crippen molar-refractivity contribution in [3.05, 3.63) is 64.4 Å². The molecular weight excluding hydrogens is 328 g/mol. The Morgan fingerprint density at radius 3 is 2.25 bits per heavy atom. The zero-order valence-electron chi connectivity index (χ0n) is 13.7. The fourth-order valence-corrected chi connectivity index (χ4v) is 2.54. The Labute approximate surface area is 145 Å². The monoisotopic (exact) mass is 346 g/mol. The van der Waals surface area contributed by atoms with E-state index in [-0.39, 0.29) is 23.6 Å². The highest BCUT2D eigenvalue weighted by Crippen LogP contribution is 2.24. The first-order chi connectivity index (χ1) is 11.3. The van der Waals surface area contributed by atoms with Crippen molar-refractivity contribution in [1.82, 2.24) is 9.88 Å². The van der Waals surface area contributed by atoms with Crippen LogP contribution in [0.25, 0.3) is 0 Å². The van der Waals surface area contributed by atoms with E-state index in [2.05, 4.69) is 4.98 Å². The van der Waals surface area contributed by atoms with Crippen LogP contribution in [0.3, 0.4) is 0 Å². The summed E-state index contributed by atoms with van der Waals surface area (Å²) in [6.07, 6.45) is 1.29. The lowest BCUT2D eigenvalue weighted by Crippen LogP contribution is -2.38. The molecule has 0 spiro atoms. The van der Waals surface area contributed by atoms with Gasteiger partial charge in [-0.15, -0.1) is 0 Å². The second-order valence-corrected chi connectivity index (χ2v) is 6.17. The molecule has 0 bridgehead atoms. The summed E-state index contributed by atoms with van der Waals surface area (Å²) >= 11 is 5.91. The Hall–Kier alpha value is -2.40. The predicted octanol–water partition coefficient (Wildman–Crippen LogP) is 3.70. The number of hydrogen-bond donors (Lipinski definition) is 1. The van der Waals surface area contributed by atoms with Crippen molar-refractivity contribution in [3.63, 3.8) is 0 Å². The van der Waals surface area contributed by atoms with Gasteiger partial charge in [-0.1, -0.05) is 30.7 Å². The Bertz CT molecular complexity index is 729. The fraction of sp³-hybridized carbons (Fsp3) is 0.278. The Kier molecular flexibility index (Phi) is 5.57. The van der Waals surface area contributed by atoms with Crippen LogP contribution in [0.5, 0.6) is 0 Å². The van der Waals surface area contributed by atoms with Crippen molar-refractivity contribution >= 4 is 23.5 Å². The molecule has 1 N–H and O–H groups in total. The molecular formula is C18H19ClN2O3. The number of aromatic nitrogens is 1. The molecule has 2 rings (SSSR count). The highest BCUT2D eigenvalue weighted by Gasteiger charge is 2.23. The summed E-state index contributed by atoms with van der Waals surface area (Å²) in [4.78, 5) is 28.8. The van der Waals surface area contributed by atoms with Crippen molar-refractivity contribution in [2.45, 2.75) is 25.8 Å². The van der Waals surface area contributed by atoms with Crippen molar-refractivity contribution in [2.24, 2.45) is 0 Å². The van der Waals surface area contributed by atoms with Gasteiger partial charge >= 0.3 is 5.97 Å². The number of pyridine rings is 1. The molecule has 126 valence electrons. The molecule has 1 amide bonds. The second-order valence-electron chi connectivity index (χ2n) is 5.73. The summed E-state index contributed by atoms with van der Waals surface area (Å²) in [6.45, 7) is 4.01. The first-order valence-electron chi connectivity index (χ1n) is 7.53. The topological polar surface area (TPSA) is 70.5 Å². The summed E-state index contributed by atoms with van der Waals surface area (Å²) in [7, 11) is 1.73. The van der Waals surface area contributed by atoms with Crippen LogP contribution < -0.4 is 0 Å². The molecule has 0 saturated carbocycles. The van der Waals surface area contributed by atoms with Gasteiger partial charge in [-0.3, -0.25) is 4.79 Å². The highest BCUT2D eigenvalue weighted by molar-refractivity contribution is 6.30. The summed E-state index contributed by atoms with van der Waals surface area (Å²) in [6, 6.07) is 10.3. The van der Waals surface area contributed by atoms with Crippen LogP contribution in [0.1, 0.15) is 46.2 Å². The van der Waals surface area contributed by atoms with E-state index in [1.165, 1.54) is 18.3 Å². The summed E-state index contributed by atoms with van der Waals surface area (Å²) < 4.78 is 0. The summed E-state index contributed by atoms with van der Waals surface area (Å²) in [5.74, 6) is -1.21. The van der Waals surface area contributed by atoms with Gasteiger partial charge in [0, 0.05) is 30.2 Å². The lowest BCUT2D eigenvalue weighted by Gasteiger charge is -2.30. The fourth-order valence-electron chi connectivity index (χ4n) is 2.42. The van der Waals surface area contributed by atoms with Crippen LogP contribution in [0.2, 0.25) is 5.02 Å². The number of halogens is 1. The van der Waals surface area contributed by atoms with E-state index < -0.39 is 5.97 Å². The number of likely N-dealkylation sites (N-methyl/N-ethyl adjacent to an activating group) is 1. The lowest BCUT2D eigenvalue weighted by molar-refractivity contribution is 0.0685. The summed E-state index contributed by atoms with van der Waals surface area (Å²) in [5.41, 5.74) is 1.36. The van der Waals surface area contributed by atoms with Crippen LogP contribution in [0.15, 0.2) is 42.6 Å². The van der Waals surface area contributed by atoms with Crippen LogP contribution in [-0.4, -0.2) is 40.0 Å². The van der Waals surface area contributed by atoms with Gasteiger partial charge in [0.2, 0.25) is 0 Å². The number of aromatic carboxylic acids is 1.